The van der Waals surface area contributed by atoms with E-state index in [0.29, 0.717) is 18.9 Å². The fraction of sp³-hybridized carbons (Fsp3) is 0.667. The average molecular weight is 376 g/mol. The molecule has 1 aromatic rings. The van der Waals surface area contributed by atoms with Gasteiger partial charge < -0.3 is 24.7 Å². The van der Waals surface area contributed by atoms with E-state index < -0.39 is 0 Å². The lowest BCUT2D eigenvalue weighted by molar-refractivity contribution is -0.130. The number of aryl methyl sites for hydroxylation is 1. The second-order valence-corrected chi connectivity index (χ2v) is 7.88. The second kappa shape index (κ2) is 9.53. The Morgan fingerprint density at radius 1 is 1.15 bits per heavy atom. The summed E-state index contributed by atoms with van der Waals surface area (Å²) in [7, 11) is 1.64. The molecule has 27 heavy (non-hydrogen) atoms. The van der Waals surface area contributed by atoms with Gasteiger partial charge in [0.25, 0.3) is 0 Å². The van der Waals surface area contributed by atoms with Crippen LogP contribution in [0.15, 0.2) is 24.3 Å². The minimum absolute atomic E-state index is 0.128. The van der Waals surface area contributed by atoms with Crippen LogP contribution in [0, 0.1) is 11.8 Å². The van der Waals surface area contributed by atoms with E-state index in [-0.39, 0.29) is 24.5 Å². The number of carbonyl (C=O) groups excluding carboxylic acids is 1. The Balaban J connectivity index is 1.48. The molecule has 2 N–H and O–H groups in total. The van der Waals surface area contributed by atoms with E-state index in [9.17, 15) is 15.0 Å². The number of likely N-dealkylation sites (tertiary alicyclic amines) is 2. The molecule has 0 saturated carbocycles. The predicted octanol–water partition coefficient (Wildman–Crippen LogP) is 1.15. The van der Waals surface area contributed by atoms with Gasteiger partial charge in [0.15, 0.2) is 0 Å². The summed E-state index contributed by atoms with van der Waals surface area (Å²) in [6.07, 6.45) is 2.68. The summed E-state index contributed by atoms with van der Waals surface area (Å²) in [4.78, 5) is 16.9. The highest BCUT2D eigenvalue weighted by Crippen LogP contribution is 2.26. The first-order chi connectivity index (χ1) is 13.1. The normalized spacial score (nSPS) is 24.3. The second-order valence-electron chi connectivity index (χ2n) is 7.88. The zero-order valence-electron chi connectivity index (χ0n) is 16.2. The smallest absolute Gasteiger partial charge is 0.222 e. The van der Waals surface area contributed by atoms with E-state index in [1.165, 1.54) is 0 Å². The first-order valence-electron chi connectivity index (χ1n) is 10.0. The Hall–Kier alpha value is -1.63. The molecule has 2 heterocycles. The van der Waals surface area contributed by atoms with Crippen molar-refractivity contribution >= 4 is 5.91 Å². The number of hydrogen-bond acceptors (Lipinski definition) is 5. The average Bonchev–Trinajstić information content (AvgIpc) is 3.11. The maximum absolute atomic E-state index is 12.7. The summed E-state index contributed by atoms with van der Waals surface area (Å²) >= 11 is 0. The molecular formula is C21H32N2O4. The first kappa shape index (κ1) is 20.1. The number of carbonyl (C=O) groups is 1. The topological polar surface area (TPSA) is 73.2 Å². The fourth-order valence-corrected chi connectivity index (χ4v) is 4.19. The lowest BCUT2D eigenvalue weighted by Crippen LogP contribution is -2.40. The number of aliphatic hydroxyl groups is 2. The van der Waals surface area contributed by atoms with Crippen LogP contribution >= 0.6 is 0 Å². The van der Waals surface area contributed by atoms with Crippen LogP contribution in [0.1, 0.15) is 24.8 Å². The number of hydrogen-bond donors (Lipinski definition) is 2. The molecule has 6 nitrogen and oxygen atoms in total. The van der Waals surface area contributed by atoms with Gasteiger partial charge in [0, 0.05) is 51.7 Å². The van der Waals surface area contributed by atoms with Gasteiger partial charge in [-0.25, -0.2) is 0 Å². The van der Waals surface area contributed by atoms with Crippen molar-refractivity contribution in [2.45, 2.75) is 31.8 Å². The van der Waals surface area contributed by atoms with Gasteiger partial charge in [-0.05, 0) is 42.9 Å². The van der Waals surface area contributed by atoms with Crippen LogP contribution in [-0.4, -0.2) is 78.5 Å². The number of piperidine rings is 1. The van der Waals surface area contributed by atoms with E-state index in [1.54, 1.807) is 7.11 Å². The van der Waals surface area contributed by atoms with Crippen LogP contribution in [0.25, 0.3) is 0 Å². The third-order valence-electron chi connectivity index (χ3n) is 6.00. The number of benzene rings is 1. The minimum Gasteiger partial charge on any atom is -0.497 e. The molecule has 0 aliphatic carbocycles. The molecule has 2 fully saturated rings. The third kappa shape index (κ3) is 5.43. The minimum atomic E-state index is -0.172. The molecule has 1 aromatic carbocycles. The Labute approximate surface area is 161 Å². The first-order valence-corrected chi connectivity index (χ1v) is 10.0. The largest absolute Gasteiger partial charge is 0.497 e. The van der Waals surface area contributed by atoms with Crippen molar-refractivity contribution < 1.29 is 19.7 Å². The summed E-state index contributed by atoms with van der Waals surface area (Å²) in [6, 6.07) is 7.84. The third-order valence-corrected chi connectivity index (χ3v) is 6.00. The SMILES string of the molecule is COc1ccc(CCC(=O)N2C[C@@H](CO)[C@@H](CN3CCC(O)CC3)C2)cc1. The van der Waals surface area contributed by atoms with Crippen molar-refractivity contribution in [3.8, 4) is 5.75 Å². The zero-order chi connectivity index (χ0) is 19.2. The molecule has 6 heteroatoms. The Bertz CT molecular complexity index is 599. The maximum Gasteiger partial charge on any atom is 0.222 e. The van der Waals surface area contributed by atoms with Crippen molar-refractivity contribution in [3.05, 3.63) is 29.8 Å². The molecule has 2 atom stereocenters. The molecule has 1 amide bonds. The summed E-state index contributed by atoms with van der Waals surface area (Å²) < 4.78 is 5.16. The molecule has 2 saturated heterocycles. The van der Waals surface area contributed by atoms with Crippen molar-refractivity contribution in [1.82, 2.24) is 9.80 Å². The van der Waals surface area contributed by atoms with Crippen LogP contribution in [-0.2, 0) is 11.2 Å². The van der Waals surface area contributed by atoms with Gasteiger partial charge in [0.1, 0.15) is 5.75 Å². The molecule has 0 spiro atoms. The lowest BCUT2D eigenvalue weighted by atomic mass is 9.95. The van der Waals surface area contributed by atoms with Crippen LogP contribution < -0.4 is 4.74 Å². The standard InChI is InChI=1S/C21H32N2O4/c1-27-20-5-2-16(3-6-20)4-7-21(26)23-13-17(18(14-23)15-24)12-22-10-8-19(25)9-11-22/h2-3,5-6,17-19,24-25H,4,7-15H2,1H3/t17-,18-/m0/s1. The van der Waals surface area contributed by atoms with Gasteiger partial charge in [-0.15, -0.1) is 0 Å². The summed E-state index contributed by atoms with van der Waals surface area (Å²) in [5, 5.41) is 19.4. The summed E-state index contributed by atoms with van der Waals surface area (Å²) in [6.45, 7) is 4.22. The molecular weight excluding hydrogens is 344 g/mol. The van der Waals surface area contributed by atoms with Gasteiger partial charge in [0.05, 0.1) is 13.2 Å². The van der Waals surface area contributed by atoms with E-state index >= 15 is 0 Å². The van der Waals surface area contributed by atoms with Gasteiger partial charge in [-0.1, -0.05) is 12.1 Å². The number of aliphatic hydroxyl groups excluding tert-OH is 2. The number of methoxy groups -OCH3 is 1. The monoisotopic (exact) mass is 376 g/mol. The molecule has 0 radical (unpaired) electrons. The van der Waals surface area contributed by atoms with E-state index in [2.05, 4.69) is 4.90 Å². The number of nitrogens with zero attached hydrogens (tertiary/aromatic N) is 2. The highest BCUT2D eigenvalue weighted by Gasteiger charge is 2.35. The number of rotatable bonds is 7. The maximum atomic E-state index is 12.7. The highest BCUT2D eigenvalue weighted by atomic mass is 16.5. The summed E-state index contributed by atoms with van der Waals surface area (Å²) in [5.41, 5.74) is 1.13. The van der Waals surface area contributed by atoms with Gasteiger partial charge in [-0.3, -0.25) is 4.79 Å². The quantitative estimate of drug-likeness (QED) is 0.747. The van der Waals surface area contributed by atoms with Crippen molar-refractivity contribution in [3.63, 3.8) is 0 Å². The molecule has 0 bridgehead atoms. The Morgan fingerprint density at radius 2 is 1.81 bits per heavy atom. The molecule has 2 aliphatic heterocycles. The number of ether oxygens (including phenoxy) is 1. The van der Waals surface area contributed by atoms with E-state index in [4.69, 9.17) is 4.74 Å². The Morgan fingerprint density at radius 3 is 2.44 bits per heavy atom. The van der Waals surface area contributed by atoms with Crippen LogP contribution in [0.2, 0.25) is 0 Å². The van der Waals surface area contributed by atoms with Crippen molar-refractivity contribution in [2.24, 2.45) is 11.8 Å². The van der Waals surface area contributed by atoms with E-state index in [1.807, 2.05) is 29.2 Å². The lowest BCUT2D eigenvalue weighted by Gasteiger charge is -2.32. The number of amides is 1. The predicted molar refractivity (Wildman–Crippen MR) is 104 cm³/mol. The molecule has 0 aromatic heterocycles. The van der Waals surface area contributed by atoms with Crippen molar-refractivity contribution in [2.75, 3.05) is 46.4 Å². The van der Waals surface area contributed by atoms with Gasteiger partial charge in [-0.2, -0.15) is 0 Å². The molecule has 0 unspecified atom stereocenters. The van der Waals surface area contributed by atoms with Crippen molar-refractivity contribution in [1.29, 1.82) is 0 Å². The molecule has 3 rings (SSSR count). The fourth-order valence-electron chi connectivity index (χ4n) is 4.19. The van der Waals surface area contributed by atoms with Crippen LogP contribution in [0.5, 0.6) is 5.75 Å². The van der Waals surface area contributed by atoms with Gasteiger partial charge in [0.2, 0.25) is 5.91 Å². The van der Waals surface area contributed by atoms with Crippen LogP contribution in [0.3, 0.4) is 0 Å². The summed E-state index contributed by atoms with van der Waals surface area (Å²) in [5.74, 6) is 1.46. The molecule has 2 aliphatic rings. The zero-order valence-corrected chi connectivity index (χ0v) is 16.2. The highest BCUT2D eigenvalue weighted by molar-refractivity contribution is 5.76. The Kier molecular flexibility index (Phi) is 7.10. The van der Waals surface area contributed by atoms with Crippen LogP contribution in [0.4, 0.5) is 0 Å². The van der Waals surface area contributed by atoms with E-state index in [0.717, 1.165) is 56.8 Å². The molecule has 150 valence electrons. The van der Waals surface area contributed by atoms with Gasteiger partial charge >= 0.3 is 0 Å².